The van der Waals surface area contributed by atoms with Crippen molar-refractivity contribution < 1.29 is 14.3 Å². The molecule has 6 nitrogen and oxygen atoms in total. The summed E-state index contributed by atoms with van der Waals surface area (Å²) in [6, 6.07) is 13.6. The number of nitrogens with zero attached hydrogens (tertiary/aromatic N) is 2. The Morgan fingerprint density at radius 1 is 1.13 bits per heavy atom. The van der Waals surface area contributed by atoms with Crippen LogP contribution in [0.25, 0.3) is 22.3 Å². The van der Waals surface area contributed by atoms with Gasteiger partial charge in [-0.15, -0.1) is 4.73 Å². The highest BCUT2D eigenvalue weighted by molar-refractivity contribution is 5.73. The summed E-state index contributed by atoms with van der Waals surface area (Å²) in [5, 5.41) is 12.6. The number of rotatable bonds is 4. The molecule has 0 amide bonds. The van der Waals surface area contributed by atoms with E-state index in [1.54, 1.807) is 48.5 Å². The number of fused-ring (bicyclic) bond motifs is 1. The van der Waals surface area contributed by atoms with Gasteiger partial charge in [-0.1, -0.05) is 12.1 Å². The average Bonchev–Trinajstić information content (AvgIpc) is 2.57. The van der Waals surface area contributed by atoms with Gasteiger partial charge in [0.2, 0.25) is 5.52 Å². The van der Waals surface area contributed by atoms with Crippen LogP contribution in [0.2, 0.25) is 0 Å². The first-order valence-corrected chi connectivity index (χ1v) is 7.22. The third kappa shape index (κ3) is 2.48. The second-order valence-electron chi connectivity index (χ2n) is 4.87. The molecule has 3 aromatic rings. The highest BCUT2D eigenvalue weighted by atomic mass is 16.7. The maximum atomic E-state index is 12.6. The van der Waals surface area contributed by atoms with Crippen LogP contribution in [0.1, 0.15) is 6.92 Å². The first-order valence-electron chi connectivity index (χ1n) is 7.22. The van der Waals surface area contributed by atoms with Crippen LogP contribution in [0, 0.1) is 5.21 Å². The maximum Gasteiger partial charge on any atom is 0.357 e. The summed E-state index contributed by atoms with van der Waals surface area (Å²) in [5.41, 5.74) is 0.784. The molecule has 0 fully saturated rings. The molecule has 118 valence electrons. The Morgan fingerprint density at radius 2 is 1.83 bits per heavy atom. The molecule has 3 rings (SSSR count). The van der Waals surface area contributed by atoms with Gasteiger partial charge < -0.3 is 14.8 Å². The highest BCUT2D eigenvalue weighted by Crippen LogP contribution is 2.19. The summed E-state index contributed by atoms with van der Waals surface area (Å²) < 4.78 is 7.14. The first-order chi connectivity index (χ1) is 11.2. The minimum Gasteiger partial charge on any atom is -0.618 e. The molecule has 0 aliphatic rings. The molecule has 1 aromatic heterocycles. The van der Waals surface area contributed by atoms with Gasteiger partial charge in [-0.25, -0.2) is 0 Å². The zero-order valence-corrected chi connectivity index (χ0v) is 12.9. The molecule has 0 radical (unpaired) electrons. The van der Waals surface area contributed by atoms with Crippen LogP contribution in [0.3, 0.4) is 0 Å². The van der Waals surface area contributed by atoms with Crippen LogP contribution in [0.5, 0.6) is 5.75 Å². The topological polar surface area (TPSA) is 67.4 Å². The minimum absolute atomic E-state index is 0.00796. The van der Waals surface area contributed by atoms with Gasteiger partial charge in [-0.2, -0.15) is 4.73 Å². The number of para-hydroxylation sites is 2. The summed E-state index contributed by atoms with van der Waals surface area (Å²) in [4.78, 5) is 17.8. The average molecular weight is 312 g/mol. The van der Waals surface area contributed by atoms with Crippen molar-refractivity contribution in [1.82, 2.24) is 4.73 Å². The SMILES string of the molecule is CCOc1ccc(-c2c(=O)n(OC)c3ccccc3[n+]2[O-])cc1. The largest absolute Gasteiger partial charge is 0.618 e. The molecular weight excluding hydrogens is 296 g/mol. The van der Waals surface area contributed by atoms with E-state index in [1.165, 1.54) is 7.11 Å². The van der Waals surface area contributed by atoms with E-state index in [9.17, 15) is 10.0 Å². The van der Waals surface area contributed by atoms with Crippen molar-refractivity contribution >= 4 is 11.0 Å². The normalized spacial score (nSPS) is 10.7. The zero-order chi connectivity index (χ0) is 16.4. The van der Waals surface area contributed by atoms with Gasteiger partial charge in [0.05, 0.1) is 12.2 Å². The van der Waals surface area contributed by atoms with E-state index in [0.717, 1.165) is 4.73 Å². The van der Waals surface area contributed by atoms with Gasteiger partial charge in [0, 0.05) is 6.07 Å². The van der Waals surface area contributed by atoms with Crippen molar-refractivity contribution in [3.8, 4) is 17.0 Å². The quantitative estimate of drug-likeness (QED) is 0.544. The van der Waals surface area contributed by atoms with Crippen molar-refractivity contribution in [1.29, 1.82) is 0 Å². The molecule has 23 heavy (non-hydrogen) atoms. The lowest BCUT2D eigenvalue weighted by Crippen LogP contribution is -2.42. The predicted molar refractivity (Wildman–Crippen MR) is 86.3 cm³/mol. The van der Waals surface area contributed by atoms with Crippen LogP contribution in [-0.4, -0.2) is 18.4 Å². The summed E-state index contributed by atoms with van der Waals surface area (Å²) in [5.74, 6) is 0.682. The van der Waals surface area contributed by atoms with Gasteiger partial charge >= 0.3 is 5.56 Å². The molecule has 0 spiro atoms. The molecule has 0 unspecified atom stereocenters. The lowest BCUT2D eigenvalue weighted by Gasteiger charge is -2.12. The van der Waals surface area contributed by atoms with Crippen molar-refractivity contribution in [2.24, 2.45) is 0 Å². The number of benzene rings is 2. The summed E-state index contributed by atoms with van der Waals surface area (Å²) in [6.07, 6.45) is 0. The predicted octanol–water partition coefficient (Wildman–Crippen LogP) is 1.76. The van der Waals surface area contributed by atoms with E-state index in [1.807, 2.05) is 6.92 Å². The van der Waals surface area contributed by atoms with E-state index < -0.39 is 5.56 Å². The van der Waals surface area contributed by atoms with Crippen molar-refractivity contribution in [2.45, 2.75) is 6.92 Å². The van der Waals surface area contributed by atoms with E-state index in [4.69, 9.17) is 9.57 Å². The summed E-state index contributed by atoms with van der Waals surface area (Å²) in [7, 11) is 1.39. The fourth-order valence-electron chi connectivity index (χ4n) is 2.52. The van der Waals surface area contributed by atoms with E-state index >= 15 is 0 Å². The molecule has 0 aliphatic carbocycles. The zero-order valence-electron chi connectivity index (χ0n) is 12.9. The van der Waals surface area contributed by atoms with Crippen LogP contribution < -0.4 is 19.9 Å². The van der Waals surface area contributed by atoms with E-state index in [2.05, 4.69) is 0 Å². The number of hydrogen-bond acceptors (Lipinski definition) is 4. The minimum atomic E-state index is -0.509. The molecule has 0 saturated heterocycles. The Morgan fingerprint density at radius 3 is 2.48 bits per heavy atom. The van der Waals surface area contributed by atoms with E-state index in [-0.39, 0.29) is 5.69 Å². The van der Waals surface area contributed by atoms with Crippen molar-refractivity contribution in [3.05, 3.63) is 64.1 Å². The monoisotopic (exact) mass is 312 g/mol. The van der Waals surface area contributed by atoms with Crippen molar-refractivity contribution in [2.75, 3.05) is 13.7 Å². The fraction of sp³-hybridized carbons (Fsp3) is 0.176. The molecule has 1 heterocycles. The summed E-state index contributed by atoms with van der Waals surface area (Å²) >= 11 is 0. The van der Waals surface area contributed by atoms with Gasteiger partial charge in [-0.3, -0.25) is 4.79 Å². The lowest BCUT2D eigenvalue weighted by molar-refractivity contribution is -0.566. The van der Waals surface area contributed by atoms with Gasteiger partial charge in [-0.05, 0) is 37.3 Å². The van der Waals surface area contributed by atoms with Crippen LogP contribution in [0.15, 0.2) is 53.3 Å². The Balaban J connectivity index is 2.27. The fourth-order valence-corrected chi connectivity index (χ4v) is 2.52. The van der Waals surface area contributed by atoms with Crippen LogP contribution in [0.4, 0.5) is 0 Å². The second kappa shape index (κ2) is 6.00. The highest BCUT2D eigenvalue weighted by Gasteiger charge is 2.22. The Hall–Kier alpha value is -3.02. The smallest absolute Gasteiger partial charge is 0.357 e. The van der Waals surface area contributed by atoms with Crippen LogP contribution in [-0.2, 0) is 0 Å². The molecule has 2 aromatic carbocycles. The standard InChI is InChI=1S/C17H16N2O4/c1-3-23-13-10-8-12(9-11-13)16-17(20)19(22-2)15-7-5-4-6-14(15)18(16)21/h4-11H,3H2,1-2H3. The molecule has 0 bridgehead atoms. The molecule has 0 N–H and O–H groups in total. The Kier molecular flexibility index (Phi) is 3.89. The summed E-state index contributed by atoms with van der Waals surface area (Å²) in [6.45, 7) is 2.44. The third-order valence-corrected chi connectivity index (χ3v) is 3.53. The van der Waals surface area contributed by atoms with E-state index in [0.29, 0.717) is 33.7 Å². The lowest BCUT2D eigenvalue weighted by atomic mass is 10.1. The van der Waals surface area contributed by atoms with Crippen LogP contribution >= 0.6 is 0 Å². The Bertz CT molecular complexity index is 901. The molecule has 0 atom stereocenters. The number of hydrogen-bond donors (Lipinski definition) is 0. The Labute approximate surface area is 132 Å². The van der Waals surface area contributed by atoms with Crippen molar-refractivity contribution in [3.63, 3.8) is 0 Å². The van der Waals surface area contributed by atoms with Gasteiger partial charge in [0.25, 0.3) is 5.69 Å². The first kappa shape index (κ1) is 14.9. The molecule has 0 saturated carbocycles. The third-order valence-electron chi connectivity index (χ3n) is 3.53. The number of ether oxygens (including phenoxy) is 1. The molecule has 0 aliphatic heterocycles. The molecular formula is C17H16N2O4. The van der Waals surface area contributed by atoms with Gasteiger partial charge in [0.15, 0.2) is 5.52 Å². The molecule has 6 heteroatoms. The maximum absolute atomic E-state index is 12.6. The number of aromatic nitrogens is 2. The second-order valence-corrected chi connectivity index (χ2v) is 4.87. The van der Waals surface area contributed by atoms with Gasteiger partial charge in [0.1, 0.15) is 12.9 Å².